The van der Waals surface area contributed by atoms with E-state index in [9.17, 15) is 9.59 Å². The van der Waals surface area contributed by atoms with Crippen molar-refractivity contribution < 1.29 is 28.9 Å². The van der Waals surface area contributed by atoms with Gasteiger partial charge in [-0.15, -0.1) is 5.10 Å². The van der Waals surface area contributed by atoms with Crippen LogP contribution in [0.25, 0.3) is 0 Å². The Morgan fingerprint density at radius 3 is 2.38 bits per heavy atom. The highest BCUT2D eigenvalue weighted by molar-refractivity contribution is 8.15. The van der Waals surface area contributed by atoms with Gasteiger partial charge in [-0.05, 0) is 12.1 Å². The smallest absolute Gasteiger partial charge is 0.305 e. The maximum atomic E-state index is 12.0. The zero-order valence-corrected chi connectivity index (χ0v) is 15.6. The Labute approximate surface area is 154 Å². The summed E-state index contributed by atoms with van der Waals surface area (Å²) >= 11 is 1.07. The molecule has 0 radical (unpaired) electrons. The van der Waals surface area contributed by atoms with Crippen molar-refractivity contribution in [3.05, 3.63) is 17.7 Å². The van der Waals surface area contributed by atoms with E-state index >= 15 is 0 Å². The van der Waals surface area contributed by atoms with Gasteiger partial charge in [0.05, 0.1) is 34.0 Å². The van der Waals surface area contributed by atoms with Crippen LogP contribution in [0, 0.1) is 0 Å². The van der Waals surface area contributed by atoms with Gasteiger partial charge in [0.25, 0.3) is 0 Å². The second-order valence-electron chi connectivity index (χ2n) is 5.19. The van der Waals surface area contributed by atoms with E-state index in [0.29, 0.717) is 28.0 Å². The van der Waals surface area contributed by atoms with E-state index < -0.39 is 11.2 Å². The number of benzene rings is 1. The van der Waals surface area contributed by atoms with Gasteiger partial charge < -0.3 is 19.3 Å². The molecule has 0 spiro atoms. The Morgan fingerprint density at radius 1 is 1.27 bits per heavy atom. The highest BCUT2D eigenvalue weighted by Gasteiger charge is 2.37. The molecule has 140 valence electrons. The molecule has 1 N–H and O–H groups in total. The molecule has 0 aromatic heterocycles. The third-order valence-corrected chi connectivity index (χ3v) is 4.76. The molecule has 1 aliphatic heterocycles. The maximum Gasteiger partial charge on any atom is 0.305 e. The number of carboxylic acids is 1. The van der Waals surface area contributed by atoms with Gasteiger partial charge in [0.2, 0.25) is 11.7 Å². The van der Waals surface area contributed by atoms with Crippen molar-refractivity contribution in [2.45, 2.75) is 11.7 Å². The molecule has 9 nitrogen and oxygen atoms in total. The molecule has 2 rings (SSSR count). The summed E-state index contributed by atoms with van der Waals surface area (Å²) in [5.74, 6) is 0.0761. The van der Waals surface area contributed by atoms with Gasteiger partial charge in [0.15, 0.2) is 16.7 Å². The zero-order chi connectivity index (χ0) is 19.3. The van der Waals surface area contributed by atoms with Crippen LogP contribution in [0.5, 0.6) is 17.2 Å². The molecule has 1 aromatic carbocycles. The summed E-state index contributed by atoms with van der Waals surface area (Å²) in [6.07, 6.45) is 1.21. The molecule has 0 unspecified atom stereocenters. The third-order valence-electron chi connectivity index (χ3n) is 3.54. The summed E-state index contributed by atoms with van der Waals surface area (Å²) < 4.78 is 15.8. The van der Waals surface area contributed by atoms with Crippen molar-refractivity contribution in [2.24, 2.45) is 10.2 Å². The number of thioether (sulfide) groups is 1. The lowest BCUT2D eigenvalue weighted by molar-refractivity contribution is -0.139. The molecule has 1 heterocycles. The highest BCUT2D eigenvalue weighted by atomic mass is 32.2. The van der Waals surface area contributed by atoms with Crippen molar-refractivity contribution in [3.63, 3.8) is 0 Å². The van der Waals surface area contributed by atoms with Crippen molar-refractivity contribution in [1.29, 1.82) is 0 Å². The fraction of sp³-hybridized carbons (Fsp3) is 0.375. The molecule has 1 aromatic rings. The van der Waals surface area contributed by atoms with Crippen LogP contribution in [0.15, 0.2) is 22.3 Å². The summed E-state index contributed by atoms with van der Waals surface area (Å²) in [7, 11) is 6.07. The molecule has 1 amide bonds. The van der Waals surface area contributed by atoms with E-state index in [1.807, 2.05) is 0 Å². The topological polar surface area (TPSA) is 110 Å². The quantitative estimate of drug-likeness (QED) is 0.562. The SMILES string of the molecule is COc1cc(/C=N\N=C2/S[C@H](CC(=O)O)C(=O)N2C)cc(OC)c1OC. The van der Waals surface area contributed by atoms with Crippen molar-refractivity contribution in [2.75, 3.05) is 28.4 Å². The lowest BCUT2D eigenvalue weighted by atomic mass is 10.2. The van der Waals surface area contributed by atoms with Crippen molar-refractivity contribution >= 4 is 35.0 Å². The first-order valence-corrected chi connectivity index (χ1v) is 8.36. The van der Waals surface area contributed by atoms with E-state index in [0.717, 1.165) is 11.8 Å². The second-order valence-corrected chi connectivity index (χ2v) is 6.36. The molecule has 0 bridgehead atoms. The van der Waals surface area contributed by atoms with Crippen LogP contribution in [-0.2, 0) is 9.59 Å². The number of aliphatic carboxylic acids is 1. The third kappa shape index (κ3) is 4.26. The highest BCUT2D eigenvalue weighted by Crippen LogP contribution is 2.37. The van der Waals surface area contributed by atoms with Crippen LogP contribution in [0.3, 0.4) is 0 Å². The van der Waals surface area contributed by atoms with E-state index in [-0.39, 0.29) is 12.3 Å². The fourth-order valence-electron chi connectivity index (χ4n) is 2.27. The lowest BCUT2D eigenvalue weighted by Crippen LogP contribution is -2.28. The summed E-state index contributed by atoms with van der Waals surface area (Å²) in [6.45, 7) is 0. The maximum absolute atomic E-state index is 12.0. The fourth-order valence-corrected chi connectivity index (χ4v) is 3.35. The summed E-state index contributed by atoms with van der Waals surface area (Å²) in [5, 5.41) is 16.5. The number of nitrogens with zero attached hydrogens (tertiary/aromatic N) is 3. The van der Waals surface area contributed by atoms with Gasteiger partial charge in [-0.1, -0.05) is 11.8 Å². The second kappa shape index (κ2) is 8.56. The summed E-state index contributed by atoms with van der Waals surface area (Å²) in [5.41, 5.74) is 0.655. The molecular formula is C16H19N3O6S. The number of carbonyl (C=O) groups excluding carboxylic acids is 1. The Balaban J connectivity index is 2.21. The van der Waals surface area contributed by atoms with Crippen molar-refractivity contribution in [3.8, 4) is 17.2 Å². The van der Waals surface area contributed by atoms with Crippen LogP contribution >= 0.6 is 11.8 Å². The van der Waals surface area contributed by atoms with E-state index in [1.165, 1.54) is 39.5 Å². The van der Waals surface area contributed by atoms with Crippen LogP contribution < -0.4 is 14.2 Å². The van der Waals surface area contributed by atoms with Crippen LogP contribution in [0.4, 0.5) is 0 Å². The first-order chi connectivity index (χ1) is 12.4. The summed E-state index contributed by atoms with van der Waals surface area (Å²) in [4.78, 5) is 24.1. The Kier molecular flexibility index (Phi) is 6.45. The Hall–Kier alpha value is -2.75. The minimum atomic E-state index is -1.04. The van der Waals surface area contributed by atoms with Crippen LogP contribution in [0.1, 0.15) is 12.0 Å². The molecule has 1 fully saturated rings. The van der Waals surface area contributed by atoms with Crippen LogP contribution in [0.2, 0.25) is 0 Å². The number of carbonyl (C=O) groups is 2. The standard InChI is InChI=1S/C16H19N3O6S/c1-19-15(22)12(7-13(20)21)26-16(19)18-17-8-9-5-10(23-2)14(25-4)11(6-9)24-3/h5-6,8,12H,7H2,1-4H3,(H,20,21)/b17-8-,18-16-/t12-/m1/s1. The molecule has 10 heteroatoms. The zero-order valence-electron chi connectivity index (χ0n) is 14.8. The number of methoxy groups -OCH3 is 3. The number of ether oxygens (including phenoxy) is 3. The lowest BCUT2D eigenvalue weighted by Gasteiger charge is -2.12. The Morgan fingerprint density at radius 2 is 1.88 bits per heavy atom. The van der Waals surface area contributed by atoms with Gasteiger partial charge in [0, 0.05) is 12.6 Å². The molecule has 0 aliphatic carbocycles. The number of hydrogen-bond donors (Lipinski definition) is 1. The van der Waals surface area contributed by atoms with Gasteiger partial charge in [-0.3, -0.25) is 14.5 Å². The molecule has 26 heavy (non-hydrogen) atoms. The van der Waals surface area contributed by atoms with E-state index in [4.69, 9.17) is 19.3 Å². The van der Waals surface area contributed by atoms with Gasteiger partial charge >= 0.3 is 5.97 Å². The average Bonchev–Trinajstić information content (AvgIpc) is 2.88. The van der Waals surface area contributed by atoms with E-state index in [2.05, 4.69) is 10.2 Å². The molecule has 0 saturated carbocycles. The largest absolute Gasteiger partial charge is 0.493 e. The minimum absolute atomic E-state index is 0.260. The molecule has 1 aliphatic rings. The predicted molar refractivity (Wildman–Crippen MR) is 97.5 cm³/mol. The average molecular weight is 381 g/mol. The number of hydrogen-bond acceptors (Lipinski definition) is 8. The first-order valence-electron chi connectivity index (χ1n) is 7.48. The first kappa shape index (κ1) is 19.6. The number of rotatable bonds is 7. The number of amidine groups is 1. The molecule has 1 atom stereocenters. The van der Waals surface area contributed by atoms with E-state index in [1.54, 1.807) is 12.1 Å². The molecular weight excluding hydrogens is 362 g/mol. The van der Waals surface area contributed by atoms with Crippen LogP contribution in [-0.4, -0.2) is 66.9 Å². The summed E-state index contributed by atoms with van der Waals surface area (Å²) in [6, 6.07) is 3.41. The molecule has 1 saturated heterocycles. The van der Waals surface area contributed by atoms with Crippen molar-refractivity contribution in [1.82, 2.24) is 4.90 Å². The number of carboxylic acid groups (broad SMARTS) is 1. The predicted octanol–water partition coefficient (Wildman–Crippen LogP) is 1.45. The van der Waals surface area contributed by atoms with Gasteiger partial charge in [-0.2, -0.15) is 5.10 Å². The monoisotopic (exact) mass is 381 g/mol. The normalized spacial score (nSPS) is 18.6. The minimum Gasteiger partial charge on any atom is -0.493 e. The van der Waals surface area contributed by atoms with Gasteiger partial charge in [-0.25, -0.2) is 0 Å². The van der Waals surface area contributed by atoms with Gasteiger partial charge in [0.1, 0.15) is 5.25 Å². The number of amides is 1. The Bertz CT molecular complexity index is 739.